The molecule has 18 heavy (non-hydrogen) atoms. The third-order valence-corrected chi connectivity index (χ3v) is 3.41. The minimum absolute atomic E-state index is 0.182. The Morgan fingerprint density at radius 2 is 1.94 bits per heavy atom. The highest BCUT2D eigenvalue weighted by Crippen LogP contribution is 2.22. The van der Waals surface area contributed by atoms with Gasteiger partial charge in [-0.15, -0.1) is 0 Å². The largest absolute Gasteiger partial charge is 0.330 e. The van der Waals surface area contributed by atoms with Crippen molar-refractivity contribution in [3.8, 4) is 0 Å². The molecule has 1 aliphatic rings. The number of aryl methyl sites for hydroxylation is 1. The molecule has 0 radical (unpaired) electrons. The van der Waals surface area contributed by atoms with Crippen LogP contribution in [0.1, 0.15) is 24.8 Å². The molecule has 4 heteroatoms. The van der Waals surface area contributed by atoms with E-state index in [1.54, 1.807) is 5.01 Å². The minimum atomic E-state index is 0.182. The van der Waals surface area contributed by atoms with Crippen molar-refractivity contribution in [2.75, 3.05) is 25.1 Å². The van der Waals surface area contributed by atoms with Gasteiger partial charge in [-0.3, -0.25) is 14.8 Å². The van der Waals surface area contributed by atoms with E-state index in [0.717, 1.165) is 38.0 Å². The topological polar surface area (TPSA) is 49.6 Å². The Labute approximate surface area is 108 Å². The Kier molecular flexibility index (Phi) is 4.20. The third kappa shape index (κ3) is 2.82. The van der Waals surface area contributed by atoms with Gasteiger partial charge in [0.05, 0.1) is 5.69 Å². The molecule has 1 fully saturated rings. The molecule has 1 aromatic carbocycles. The molecule has 2 N–H and O–H groups in total. The Bertz CT molecular complexity index is 402. The van der Waals surface area contributed by atoms with Gasteiger partial charge in [0.2, 0.25) is 5.91 Å². The maximum absolute atomic E-state index is 11.5. The van der Waals surface area contributed by atoms with E-state index in [9.17, 15) is 4.79 Å². The molecule has 1 aromatic rings. The standard InChI is InChI=1S/C14H21N3O/c1-16-14(18)9-11-17(16)13-7-5-12(6-8-13)4-2-3-10-15/h5-8H,2-4,9-11,15H2,1H3. The molecule has 0 aromatic heterocycles. The van der Waals surface area contributed by atoms with Crippen molar-refractivity contribution >= 4 is 11.6 Å². The maximum atomic E-state index is 11.5. The number of unbranched alkanes of at least 4 members (excludes halogenated alkanes) is 1. The molecule has 1 heterocycles. The number of hydrogen-bond acceptors (Lipinski definition) is 3. The summed E-state index contributed by atoms with van der Waals surface area (Å²) < 4.78 is 0. The molecule has 0 aliphatic carbocycles. The summed E-state index contributed by atoms with van der Waals surface area (Å²) in [4.78, 5) is 11.5. The molecule has 1 aliphatic heterocycles. The number of benzene rings is 1. The van der Waals surface area contributed by atoms with E-state index in [1.807, 2.05) is 12.1 Å². The number of amides is 1. The van der Waals surface area contributed by atoms with Gasteiger partial charge >= 0.3 is 0 Å². The van der Waals surface area contributed by atoms with E-state index in [4.69, 9.17) is 5.73 Å². The van der Waals surface area contributed by atoms with Crippen molar-refractivity contribution in [2.24, 2.45) is 5.73 Å². The van der Waals surface area contributed by atoms with Crippen molar-refractivity contribution in [3.63, 3.8) is 0 Å². The third-order valence-electron chi connectivity index (χ3n) is 3.41. The fourth-order valence-corrected chi connectivity index (χ4v) is 2.26. The second kappa shape index (κ2) is 5.87. The van der Waals surface area contributed by atoms with Crippen LogP contribution >= 0.6 is 0 Å². The number of hydrazine groups is 1. The van der Waals surface area contributed by atoms with Gasteiger partial charge in [0.1, 0.15) is 0 Å². The zero-order chi connectivity index (χ0) is 13.0. The van der Waals surface area contributed by atoms with Crippen molar-refractivity contribution in [3.05, 3.63) is 29.8 Å². The lowest BCUT2D eigenvalue weighted by Gasteiger charge is -2.26. The van der Waals surface area contributed by atoms with Gasteiger partial charge in [0, 0.05) is 20.0 Å². The normalized spacial score (nSPS) is 15.6. The quantitative estimate of drug-likeness (QED) is 0.803. The summed E-state index contributed by atoms with van der Waals surface area (Å²) in [5.74, 6) is 0.182. The van der Waals surface area contributed by atoms with Crippen LogP contribution in [0.15, 0.2) is 24.3 Å². The smallest absolute Gasteiger partial charge is 0.242 e. The molecule has 2 rings (SSSR count). The number of carbonyl (C=O) groups is 1. The van der Waals surface area contributed by atoms with Gasteiger partial charge in [0.25, 0.3) is 0 Å². The van der Waals surface area contributed by atoms with E-state index < -0.39 is 0 Å². The van der Waals surface area contributed by atoms with Crippen LogP contribution in [0.3, 0.4) is 0 Å². The molecule has 0 saturated carbocycles. The molecule has 4 nitrogen and oxygen atoms in total. The first kappa shape index (κ1) is 12.9. The molecule has 1 amide bonds. The van der Waals surface area contributed by atoms with E-state index in [2.05, 4.69) is 24.3 Å². The zero-order valence-electron chi connectivity index (χ0n) is 10.9. The van der Waals surface area contributed by atoms with Crippen LogP contribution < -0.4 is 10.7 Å². The van der Waals surface area contributed by atoms with Crippen LogP contribution in [0.2, 0.25) is 0 Å². The Morgan fingerprint density at radius 3 is 2.50 bits per heavy atom. The molecule has 0 atom stereocenters. The summed E-state index contributed by atoms with van der Waals surface area (Å²) in [6, 6.07) is 8.46. The summed E-state index contributed by atoms with van der Waals surface area (Å²) in [6.07, 6.45) is 3.89. The Balaban J connectivity index is 1.97. The van der Waals surface area contributed by atoms with Gasteiger partial charge in [-0.1, -0.05) is 12.1 Å². The molecular weight excluding hydrogens is 226 g/mol. The SMILES string of the molecule is CN1C(=O)CCN1c1ccc(CCCCN)cc1. The average Bonchev–Trinajstić information content (AvgIpc) is 2.72. The molecule has 0 spiro atoms. The van der Waals surface area contributed by atoms with Crippen LogP contribution in [0, 0.1) is 0 Å². The maximum Gasteiger partial charge on any atom is 0.242 e. The highest BCUT2D eigenvalue weighted by Gasteiger charge is 2.25. The van der Waals surface area contributed by atoms with E-state index in [1.165, 1.54) is 5.56 Å². The minimum Gasteiger partial charge on any atom is -0.330 e. The predicted octanol–water partition coefficient (Wildman–Crippen LogP) is 1.55. The summed E-state index contributed by atoms with van der Waals surface area (Å²) >= 11 is 0. The van der Waals surface area contributed by atoms with E-state index in [0.29, 0.717) is 6.42 Å². The number of carbonyl (C=O) groups excluding carboxylic acids is 1. The van der Waals surface area contributed by atoms with Gasteiger partial charge in [-0.05, 0) is 43.5 Å². The first-order valence-corrected chi connectivity index (χ1v) is 6.55. The summed E-state index contributed by atoms with van der Waals surface area (Å²) in [5, 5.41) is 3.72. The summed E-state index contributed by atoms with van der Waals surface area (Å²) in [6.45, 7) is 1.54. The van der Waals surface area contributed by atoms with Crippen molar-refractivity contribution in [1.29, 1.82) is 0 Å². The van der Waals surface area contributed by atoms with Crippen LogP contribution in [0.5, 0.6) is 0 Å². The monoisotopic (exact) mass is 247 g/mol. The highest BCUT2D eigenvalue weighted by atomic mass is 16.2. The second-order valence-corrected chi connectivity index (χ2v) is 4.70. The highest BCUT2D eigenvalue weighted by molar-refractivity contribution is 5.81. The molecule has 0 unspecified atom stereocenters. The summed E-state index contributed by atoms with van der Waals surface area (Å²) in [5.41, 5.74) is 7.91. The zero-order valence-corrected chi connectivity index (χ0v) is 10.9. The average molecular weight is 247 g/mol. The van der Waals surface area contributed by atoms with Gasteiger partial charge in [0.15, 0.2) is 0 Å². The summed E-state index contributed by atoms with van der Waals surface area (Å²) in [7, 11) is 1.82. The number of rotatable bonds is 5. The lowest BCUT2D eigenvalue weighted by Crippen LogP contribution is -2.35. The Morgan fingerprint density at radius 1 is 1.22 bits per heavy atom. The fourth-order valence-electron chi connectivity index (χ4n) is 2.26. The number of anilines is 1. The van der Waals surface area contributed by atoms with Gasteiger partial charge in [-0.25, -0.2) is 0 Å². The predicted molar refractivity (Wildman–Crippen MR) is 73.2 cm³/mol. The Hall–Kier alpha value is -1.55. The van der Waals surface area contributed by atoms with Gasteiger partial charge in [-0.2, -0.15) is 0 Å². The van der Waals surface area contributed by atoms with Crippen LogP contribution in [-0.2, 0) is 11.2 Å². The van der Waals surface area contributed by atoms with Crippen LogP contribution in [-0.4, -0.2) is 31.1 Å². The second-order valence-electron chi connectivity index (χ2n) is 4.70. The van der Waals surface area contributed by atoms with Crippen molar-refractivity contribution in [1.82, 2.24) is 5.01 Å². The molecule has 1 saturated heterocycles. The molecular formula is C14H21N3O. The first-order valence-electron chi connectivity index (χ1n) is 6.55. The number of hydrogen-bond donors (Lipinski definition) is 1. The number of nitrogens with two attached hydrogens (primary N) is 1. The molecule has 0 bridgehead atoms. The van der Waals surface area contributed by atoms with Gasteiger partial charge < -0.3 is 5.73 Å². The van der Waals surface area contributed by atoms with Crippen molar-refractivity contribution < 1.29 is 4.79 Å². The van der Waals surface area contributed by atoms with E-state index >= 15 is 0 Å². The number of nitrogens with zero attached hydrogens (tertiary/aromatic N) is 2. The van der Waals surface area contributed by atoms with Crippen LogP contribution in [0.25, 0.3) is 0 Å². The lowest BCUT2D eigenvalue weighted by molar-refractivity contribution is -0.126. The first-order chi connectivity index (χ1) is 8.72. The van der Waals surface area contributed by atoms with E-state index in [-0.39, 0.29) is 5.91 Å². The molecule has 98 valence electrons. The fraction of sp³-hybridized carbons (Fsp3) is 0.500. The van der Waals surface area contributed by atoms with Crippen LogP contribution in [0.4, 0.5) is 5.69 Å². The lowest BCUT2D eigenvalue weighted by atomic mass is 10.1. The van der Waals surface area contributed by atoms with Crippen molar-refractivity contribution in [2.45, 2.75) is 25.7 Å².